The SMILES string of the molecule is CC(C)N(CCCN)CCN(C)C. The molecule has 0 unspecified atom stereocenters. The van der Waals surface area contributed by atoms with Crippen molar-refractivity contribution >= 4 is 0 Å². The molecule has 0 heterocycles. The Morgan fingerprint density at radius 3 is 2.08 bits per heavy atom. The standard InChI is InChI=1S/C10H25N3/c1-10(2)13(7-5-6-11)9-8-12(3)4/h10H,5-9,11H2,1-4H3. The minimum Gasteiger partial charge on any atom is -0.330 e. The zero-order valence-electron chi connectivity index (χ0n) is 9.58. The monoisotopic (exact) mass is 187 g/mol. The molecule has 0 bridgehead atoms. The van der Waals surface area contributed by atoms with E-state index in [1.54, 1.807) is 0 Å². The van der Waals surface area contributed by atoms with Gasteiger partial charge in [-0.25, -0.2) is 0 Å². The van der Waals surface area contributed by atoms with E-state index in [1.807, 2.05) is 0 Å². The average molecular weight is 187 g/mol. The highest BCUT2D eigenvalue weighted by Gasteiger charge is 2.07. The first-order valence-electron chi connectivity index (χ1n) is 5.16. The highest BCUT2D eigenvalue weighted by Crippen LogP contribution is 1.98. The van der Waals surface area contributed by atoms with Crippen LogP contribution in [0.4, 0.5) is 0 Å². The molecular weight excluding hydrogens is 162 g/mol. The van der Waals surface area contributed by atoms with E-state index >= 15 is 0 Å². The highest BCUT2D eigenvalue weighted by molar-refractivity contribution is 4.64. The van der Waals surface area contributed by atoms with Crippen molar-refractivity contribution in [1.82, 2.24) is 9.80 Å². The molecule has 0 aromatic carbocycles. The topological polar surface area (TPSA) is 32.5 Å². The Hall–Kier alpha value is -0.120. The third-order valence-corrected chi connectivity index (χ3v) is 2.21. The molecule has 0 aliphatic carbocycles. The Morgan fingerprint density at radius 1 is 1.08 bits per heavy atom. The van der Waals surface area contributed by atoms with Crippen molar-refractivity contribution in [3.05, 3.63) is 0 Å². The summed E-state index contributed by atoms with van der Waals surface area (Å²) in [5, 5.41) is 0. The maximum Gasteiger partial charge on any atom is 0.0112 e. The summed E-state index contributed by atoms with van der Waals surface area (Å²) >= 11 is 0. The van der Waals surface area contributed by atoms with E-state index < -0.39 is 0 Å². The molecular formula is C10H25N3. The molecule has 0 aromatic rings. The molecule has 0 atom stereocenters. The van der Waals surface area contributed by atoms with Crippen LogP contribution in [0.25, 0.3) is 0 Å². The molecule has 80 valence electrons. The molecule has 0 aliphatic heterocycles. The molecule has 0 amide bonds. The number of rotatable bonds is 7. The second-order valence-electron chi connectivity index (χ2n) is 4.08. The molecule has 0 spiro atoms. The van der Waals surface area contributed by atoms with E-state index in [-0.39, 0.29) is 0 Å². The van der Waals surface area contributed by atoms with Gasteiger partial charge in [0.15, 0.2) is 0 Å². The van der Waals surface area contributed by atoms with Crippen molar-refractivity contribution in [2.45, 2.75) is 26.3 Å². The highest BCUT2D eigenvalue weighted by atomic mass is 15.2. The van der Waals surface area contributed by atoms with Crippen molar-refractivity contribution < 1.29 is 0 Å². The quantitative estimate of drug-likeness (QED) is 0.634. The number of hydrogen-bond acceptors (Lipinski definition) is 3. The van der Waals surface area contributed by atoms with Gasteiger partial charge in [0.2, 0.25) is 0 Å². The van der Waals surface area contributed by atoms with Crippen molar-refractivity contribution in [3.63, 3.8) is 0 Å². The van der Waals surface area contributed by atoms with Crippen LogP contribution < -0.4 is 5.73 Å². The molecule has 0 rings (SSSR count). The second-order valence-corrected chi connectivity index (χ2v) is 4.08. The summed E-state index contributed by atoms with van der Waals surface area (Å²) in [5.41, 5.74) is 5.50. The summed E-state index contributed by atoms with van der Waals surface area (Å²) in [4.78, 5) is 4.70. The molecule has 0 radical (unpaired) electrons. The van der Waals surface area contributed by atoms with Gasteiger partial charge in [-0.3, -0.25) is 4.90 Å². The zero-order valence-corrected chi connectivity index (χ0v) is 9.58. The number of nitrogens with two attached hydrogens (primary N) is 1. The van der Waals surface area contributed by atoms with Crippen LogP contribution in [-0.2, 0) is 0 Å². The summed E-state index contributed by atoms with van der Waals surface area (Å²) in [6.45, 7) is 8.68. The molecule has 0 saturated heterocycles. The Morgan fingerprint density at radius 2 is 1.69 bits per heavy atom. The van der Waals surface area contributed by atoms with Gasteiger partial charge in [-0.15, -0.1) is 0 Å². The Balaban J connectivity index is 3.67. The summed E-state index contributed by atoms with van der Waals surface area (Å²) < 4.78 is 0. The van der Waals surface area contributed by atoms with Gasteiger partial charge in [-0.2, -0.15) is 0 Å². The minimum atomic E-state index is 0.631. The number of likely N-dealkylation sites (N-methyl/N-ethyl adjacent to an activating group) is 1. The summed E-state index contributed by atoms with van der Waals surface area (Å²) in [7, 11) is 4.23. The van der Waals surface area contributed by atoms with Crippen molar-refractivity contribution in [3.8, 4) is 0 Å². The van der Waals surface area contributed by atoms with Gasteiger partial charge in [0.05, 0.1) is 0 Å². The van der Waals surface area contributed by atoms with Crippen LogP contribution in [0.2, 0.25) is 0 Å². The third kappa shape index (κ3) is 6.99. The molecule has 3 nitrogen and oxygen atoms in total. The maximum absolute atomic E-state index is 5.50. The molecule has 0 aliphatic rings. The predicted octanol–water partition coefficient (Wildman–Crippen LogP) is 0.607. The summed E-state index contributed by atoms with van der Waals surface area (Å²) in [6, 6.07) is 0.631. The Bertz CT molecular complexity index is 113. The molecule has 13 heavy (non-hydrogen) atoms. The number of nitrogens with zero attached hydrogens (tertiary/aromatic N) is 2. The molecule has 2 N–H and O–H groups in total. The normalized spacial score (nSPS) is 12.0. The van der Waals surface area contributed by atoms with E-state index in [0.717, 1.165) is 32.6 Å². The van der Waals surface area contributed by atoms with E-state index in [2.05, 4.69) is 37.7 Å². The lowest BCUT2D eigenvalue weighted by Gasteiger charge is -2.27. The Labute approximate surface area is 82.9 Å². The fourth-order valence-corrected chi connectivity index (χ4v) is 1.25. The van der Waals surface area contributed by atoms with E-state index in [9.17, 15) is 0 Å². The first kappa shape index (κ1) is 12.9. The van der Waals surface area contributed by atoms with Gasteiger partial charge in [0.25, 0.3) is 0 Å². The lowest BCUT2D eigenvalue weighted by Crippen LogP contribution is -2.37. The van der Waals surface area contributed by atoms with Crippen LogP contribution in [0.5, 0.6) is 0 Å². The molecule has 0 aromatic heterocycles. The van der Waals surface area contributed by atoms with Gasteiger partial charge in [0, 0.05) is 19.1 Å². The summed E-state index contributed by atoms with van der Waals surface area (Å²) in [5.74, 6) is 0. The zero-order chi connectivity index (χ0) is 10.3. The second kappa shape index (κ2) is 7.30. The minimum absolute atomic E-state index is 0.631. The average Bonchev–Trinajstić information content (AvgIpc) is 2.03. The van der Waals surface area contributed by atoms with Gasteiger partial charge in [-0.05, 0) is 47.5 Å². The molecule has 0 saturated carbocycles. The third-order valence-electron chi connectivity index (χ3n) is 2.21. The first-order chi connectivity index (χ1) is 6.07. The van der Waals surface area contributed by atoms with E-state index in [0.29, 0.717) is 6.04 Å². The van der Waals surface area contributed by atoms with E-state index in [1.165, 1.54) is 0 Å². The lowest BCUT2D eigenvalue weighted by atomic mass is 10.3. The van der Waals surface area contributed by atoms with Crippen LogP contribution in [0, 0.1) is 0 Å². The lowest BCUT2D eigenvalue weighted by molar-refractivity contribution is 0.198. The fraction of sp³-hybridized carbons (Fsp3) is 1.00. The van der Waals surface area contributed by atoms with Crippen molar-refractivity contribution in [2.75, 3.05) is 40.3 Å². The van der Waals surface area contributed by atoms with Crippen LogP contribution in [-0.4, -0.2) is 56.1 Å². The maximum atomic E-state index is 5.50. The van der Waals surface area contributed by atoms with Gasteiger partial charge in [0.1, 0.15) is 0 Å². The molecule has 3 heteroatoms. The van der Waals surface area contributed by atoms with Gasteiger partial charge < -0.3 is 10.6 Å². The largest absolute Gasteiger partial charge is 0.330 e. The van der Waals surface area contributed by atoms with Crippen molar-refractivity contribution in [1.29, 1.82) is 0 Å². The van der Waals surface area contributed by atoms with Crippen LogP contribution in [0.15, 0.2) is 0 Å². The van der Waals surface area contributed by atoms with Gasteiger partial charge >= 0.3 is 0 Å². The van der Waals surface area contributed by atoms with Crippen LogP contribution in [0.3, 0.4) is 0 Å². The molecule has 0 fully saturated rings. The van der Waals surface area contributed by atoms with Crippen LogP contribution >= 0.6 is 0 Å². The summed E-state index contributed by atoms with van der Waals surface area (Å²) in [6.07, 6.45) is 1.10. The smallest absolute Gasteiger partial charge is 0.0112 e. The fourth-order valence-electron chi connectivity index (χ4n) is 1.25. The van der Waals surface area contributed by atoms with E-state index in [4.69, 9.17) is 5.73 Å². The first-order valence-corrected chi connectivity index (χ1v) is 5.16. The van der Waals surface area contributed by atoms with Crippen molar-refractivity contribution in [2.24, 2.45) is 5.73 Å². The predicted molar refractivity (Wildman–Crippen MR) is 58.9 cm³/mol. The van der Waals surface area contributed by atoms with Gasteiger partial charge in [-0.1, -0.05) is 0 Å². The number of hydrogen-bond donors (Lipinski definition) is 1. The Kier molecular flexibility index (Phi) is 7.23. The van der Waals surface area contributed by atoms with Crippen LogP contribution in [0.1, 0.15) is 20.3 Å².